The summed E-state index contributed by atoms with van der Waals surface area (Å²) in [5, 5.41) is 7.64. The molecule has 12 heavy (non-hydrogen) atoms. The molecule has 0 radical (unpaired) electrons. The van der Waals surface area contributed by atoms with Crippen LogP contribution in [0.4, 0.5) is 0 Å². The first-order valence-corrected chi connectivity index (χ1v) is 5.46. The van der Waals surface area contributed by atoms with Crippen molar-refractivity contribution in [2.45, 2.75) is 19.8 Å². The first kappa shape index (κ1) is 9.75. The van der Waals surface area contributed by atoms with Crippen LogP contribution in [0.3, 0.4) is 0 Å². The molecule has 1 atom stereocenters. The molecule has 0 saturated carbocycles. The number of hydrogen-bond donors (Lipinski definition) is 1. The maximum absolute atomic E-state index is 3.23. The highest BCUT2D eigenvalue weighted by atomic mass is 32.1. The number of nitrogens with one attached hydrogen (secondary N) is 1. The molecule has 0 aliphatic carbocycles. The molecule has 0 spiro atoms. The quantitative estimate of drug-likeness (QED) is 0.739. The Morgan fingerprint density at radius 1 is 1.58 bits per heavy atom. The van der Waals surface area contributed by atoms with Crippen molar-refractivity contribution >= 4 is 11.3 Å². The van der Waals surface area contributed by atoms with Crippen molar-refractivity contribution in [2.24, 2.45) is 5.92 Å². The predicted octanol–water partition coefficient (Wildman–Crippen LogP) is 2.54. The van der Waals surface area contributed by atoms with E-state index in [1.165, 1.54) is 18.4 Å². The van der Waals surface area contributed by atoms with E-state index in [9.17, 15) is 0 Å². The Hall–Kier alpha value is -0.340. The Bertz CT molecular complexity index is 194. The molecule has 0 amide bonds. The van der Waals surface area contributed by atoms with Gasteiger partial charge in [0.1, 0.15) is 0 Å². The maximum Gasteiger partial charge on any atom is -0.00204 e. The van der Waals surface area contributed by atoms with Gasteiger partial charge in [-0.1, -0.05) is 13.3 Å². The highest BCUT2D eigenvalue weighted by Crippen LogP contribution is 2.13. The van der Waals surface area contributed by atoms with Crippen molar-refractivity contribution < 1.29 is 0 Å². The summed E-state index contributed by atoms with van der Waals surface area (Å²) < 4.78 is 0. The lowest BCUT2D eigenvalue weighted by Crippen LogP contribution is -2.19. The van der Waals surface area contributed by atoms with Crippen LogP contribution in [0.2, 0.25) is 0 Å². The van der Waals surface area contributed by atoms with Crippen molar-refractivity contribution in [1.82, 2.24) is 5.32 Å². The third-order valence-electron chi connectivity index (χ3n) is 2.17. The molecule has 1 unspecified atom stereocenters. The zero-order chi connectivity index (χ0) is 8.81. The summed E-state index contributed by atoms with van der Waals surface area (Å²) in [4.78, 5) is 0. The zero-order valence-electron chi connectivity index (χ0n) is 7.84. The summed E-state index contributed by atoms with van der Waals surface area (Å²) in [5.74, 6) is 0.796. The Balaban J connectivity index is 2.37. The van der Waals surface area contributed by atoms with Gasteiger partial charge in [-0.3, -0.25) is 0 Å². The average molecular weight is 183 g/mol. The average Bonchev–Trinajstić information content (AvgIpc) is 2.56. The largest absolute Gasteiger partial charge is 0.319 e. The van der Waals surface area contributed by atoms with E-state index in [0.29, 0.717) is 0 Å². The van der Waals surface area contributed by atoms with Crippen molar-refractivity contribution in [3.05, 3.63) is 22.4 Å². The maximum atomic E-state index is 3.23. The van der Waals surface area contributed by atoms with Gasteiger partial charge in [-0.15, -0.1) is 0 Å². The summed E-state index contributed by atoms with van der Waals surface area (Å²) in [6.07, 6.45) is 2.48. The van der Waals surface area contributed by atoms with Crippen LogP contribution in [0.15, 0.2) is 16.8 Å². The first-order chi connectivity index (χ1) is 5.86. The van der Waals surface area contributed by atoms with Crippen LogP contribution in [0.5, 0.6) is 0 Å². The van der Waals surface area contributed by atoms with E-state index < -0.39 is 0 Å². The molecule has 1 N–H and O–H groups in total. The lowest BCUT2D eigenvalue weighted by atomic mass is 9.99. The third-order valence-corrected chi connectivity index (χ3v) is 2.91. The minimum absolute atomic E-state index is 0.796. The van der Waals surface area contributed by atoms with Crippen LogP contribution in [-0.4, -0.2) is 13.6 Å². The van der Waals surface area contributed by atoms with Gasteiger partial charge in [0.25, 0.3) is 0 Å². The molecule has 0 bridgehead atoms. The molecule has 1 aromatic rings. The fraction of sp³-hybridized carbons (Fsp3) is 0.600. The van der Waals surface area contributed by atoms with Gasteiger partial charge in [0.05, 0.1) is 0 Å². The molecule has 0 aliphatic rings. The highest BCUT2D eigenvalue weighted by molar-refractivity contribution is 7.07. The molecule has 1 aromatic heterocycles. The lowest BCUT2D eigenvalue weighted by molar-refractivity contribution is 0.482. The Labute approximate surface area is 78.8 Å². The van der Waals surface area contributed by atoms with Crippen molar-refractivity contribution in [1.29, 1.82) is 0 Å². The van der Waals surface area contributed by atoms with Gasteiger partial charge >= 0.3 is 0 Å². The van der Waals surface area contributed by atoms with Gasteiger partial charge in [-0.2, -0.15) is 11.3 Å². The molecular formula is C10H17NS. The molecule has 0 aliphatic heterocycles. The topological polar surface area (TPSA) is 12.0 Å². The summed E-state index contributed by atoms with van der Waals surface area (Å²) in [7, 11) is 2.02. The van der Waals surface area contributed by atoms with Crippen molar-refractivity contribution in [3.8, 4) is 0 Å². The summed E-state index contributed by atoms with van der Waals surface area (Å²) in [6, 6.07) is 2.23. The van der Waals surface area contributed by atoms with Gasteiger partial charge < -0.3 is 5.32 Å². The lowest BCUT2D eigenvalue weighted by Gasteiger charge is -2.12. The van der Waals surface area contributed by atoms with Crippen LogP contribution < -0.4 is 5.32 Å². The van der Waals surface area contributed by atoms with E-state index in [0.717, 1.165) is 12.5 Å². The second kappa shape index (κ2) is 5.33. The van der Waals surface area contributed by atoms with Crippen LogP contribution in [0.25, 0.3) is 0 Å². The van der Waals surface area contributed by atoms with Crippen molar-refractivity contribution in [2.75, 3.05) is 13.6 Å². The minimum atomic E-state index is 0.796. The van der Waals surface area contributed by atoms with E-state index in [4.69, 9.17) is 0 Å². The van der Waals surface area contributed by atoms with E-state index in [2.05, 4.69) is 29.1 Å². The molecule has 0 aromatic carbocycles. The van der Waals surface area contributed by atoms with Crippen molar-refractivity contribution in [3.63, 3.8) is 0 Å². The fourth-order valence-electron chi connectivity index (χ4n) is 1.39. The zero-order valence-corrected chi connectivity index (χ0v) is 8.66. The highest BCUT2D eigenvalue weighted by Gasteiger charge is 2.05. The second-order valence-electron chi connectivity index (χ2n) is 3.17. The van der Waals surface area contributed by atoms with Gasteiger partial charge in [0, 0.05) is 0 Å². The van der Waals surface area contributed by atoms with Crippen LogP contribution in [0.1, 0.15) is 18.9 Å². The van der Waals surface area contributed by atoms with Gasteiger partial charge in [0.15, 0.2) is 0 Å². The van der Waals surface area contributed by atoms with E-state index in [-0.39, 0.29) is 0 Å². The van der Waals surface area contributed by atoms with E-state index >= 15 is 0 Å². The molecule has 0 fully saturated rings. The van der Waals surface area contributed by atoms with E-state index in [1.54, 1.807) is 11.3 Å². The molecule has 1 heterocycles. The molecule has 0 saturated heterocycles. The monoisotopic (exact) mass is 183 g/mol. The Morgan fingerprint density at radius 2 is 2.42 bits per heavy atom. The Morgan fingerprint density at radius 3 is 2.92 bits per heavy atom. The van der Waals surface area contributed by atoms with Gasteiger partial charge in [-0.25, -0.2) is 0 Å². The molecular weight excluding hydrogens is 166 g/mol. The summed E-state index contributed by atoms with van der Waals surface area (Å²) in [5.41, 5.74) is 1.49. The summed E-state index contributed by atoms with van der Waals surface area (Å²) >= 11 is 1.79. The predicted molar refractivity (Wildman–Crippen MR) is 55.7 cm³/mol. The number of hydrogen-bond acceptors (Lipinski definition) is 2. The minimum Gasteiger partial charge on any atom is -0.319 e. The fourth-order valence-corrected chi connectivity index (χ4v) is 2.07. The van der Waals surface area contributed by atoms with Crippen LogP contribution in [0, 0.1) is 5.92 Å². The van der Waals surface area contributed by atoms with Gasteiger partial charge in [-0.05, 0) is 48.3 Å². The standard InChI is InChI=1S/C10H17NS/c1-3-9(7-11-2)6-10-4-5-12-8-10/h4-5,8-9,11H,3,6-7H2,1-2H3. The number of thiophene rings is 1. The molecule has 68 valence electrons. The molecule has 1 nitrogen and oxygen atoms in total. The second-order valence-corrected chi connectivity index (χ2v) is 3.95. The van der Waals surface area contributed by atoms with Gasteiger partial charge in [0.2, 0.25) is 0 Å². The third kappa shape index (κ3) is 2.95. The van der Waals surface area contributed by atoms with Crippen LogP contribution in [-0.2, 0) is 6.42 Å². The Kier molecular flexibility index (Phi) is 4.33. The molecule has 1 rings (SSSR count). The SMILES string of the molecule is CCC(CNC)Cc1ccsc1. The number of rotatable bonds is 5. The normalized spacial score (nSPS) is 13.2. The first-order valence-electron chi connectivity index (χ1n) is 4.52. The van der Waals surface area contributed by atoms with Crippen LogP contribution >= 0.6 is 11.3 Å². The smallest absolute Gasteiger partial charge is 0.00204 e. The molecule has 2 heteroatoms. The summed E-state index contributed by atoms with van der Waals surface area (Å²) in [6.45, 7) is 3.39. The van der Waals surface area contributed by atoms with E-state index in [1.807, 2.05) is 7.05 Å².